The summed E-state index contributed by atoms with van der Waals surface area (Å²) in [6.45, 7) is 1.02. The molecule has 3 aromatic rings. The average molecular weight is 368 g/mol. The molecule has 0 saturated heterocycles. The summed E-state index contributed by atoms with van der Waals surface area (Å²) < 4.78 is 0. The lowest BCUT2D eigenvalue weighted by Gasteiger charge is -2.35. The quantitative estimate of drug-likeness (QED) is 0.746. The van der Waals surface area contributed by atoms with Crippen LogP contribution in [0.4, 0.5) is 0 Å². The Labute approximate surface area is 155 Å². The molecule has 0 saturated carbocycles. The predicted octanol–water partition coefficient (Wildman–Crippen LogP) is 2.59. The van der Waals surface area contributed by atoms with Crippen molar-refractivity contribution in [1.82, 2.24) is 9.88 Å². The first kappa shape index (κ1) is 16.8. The molecule has 26 heavy (non-hydrogen) atoms. The number of nitrogens with two attached hydrogens (primary N) is 1. The second-order valence-electron chi connectivity index (χ2n) is 6.62. The van der Waals surface area contributed by atoms with Gasteiger partial charge in [-0.15, -0.1) is 0 Å². The smallest absolute Gasteiger partial charge is 0.235 e. The number of aromatic amines is 1. The summed E-state index contributed by atoms with van der Waals surface area (Å²) in [6, 6.07) is 14.4. The number of aromatic nitrogens is 1. The van der Waals surface area contributed by atoms with Gasteiger partial charge in [-0.05, 0) is 29.7 Å². The minimum atomic E-state index is -0.407. The summed E-state index contributed by atoms with van der Waals surface area (Å²) in [7, 11) is 0. The van der Waals surface area contributed by atoms with Crippen molar-refractivity contribution in [3.63, 3.8) is 0 Å². The topological polar surface area (TPSA) is 79.2 Å². The fraction of sp³-hybridized carbons (Fsp3) is 0.200. The van der Waals surface area contributed by atoms with Crippen LogP contribution in [0.1, 0.15) is 16.8 Å². The van der Waals surface area contributed by atoms with E-state index in [-0.39, 0.29) is 11.3 Å². The maximum Gasteiger partial charge on any atom is 0.235 e. The lowest BCUT2D eigenvalue weighted by molar-refractivity contribution is -0.124. The number of rotatable bonds is 3. The molecule has 0 aliphatic carbocycles. The van der Waals surface area contributed by atoms with Gasteiger partial charge in [0.15, 0.2) is 5.43 Å². The standard InChI is InChI=1S/C20H18ClN3O2/c21-16-7-3-6-15-18(25)9-14(23-19(15)16)11-24-10-13-5-2-1-4-12(13)8-17(24)20(22)26/h1-7,9,17H,8,10-11H2,(H2,22,26)(H,23,25)/t17-/m1/s1. The van der Waals surface area contributed by atoms with Gasteiger partial charge in [-0.2, -0.15) is 0 Å². The Morgan fingerprint density at radius 2 is 1.96 bits per heavy atom. The summed E-state index contributed by atoms with van der Waals surface area (Å²) in [5, 5.41) is 1.05. The number of carbonyl (C=O) groups is 1. The largest absolute Gasteiger partial charge is 0.368 e. The fourth-order valence-electron chi connectivity index (χ4n) is 3.62. The van der Waals surface area contributed by atoms with Crippen molar-refractivity contribution in [1.29, 1.82) is 0 Å². The molecule has 2 aromatic carbocycles. The number of pyridine rings is 1. The Morgan fingerprint density at radius 1 is 1.19 bits per heavy atom. The summed E-state index contributed by atoms with van der Waals surface area (Å²) in [5.74, 6) is -0.360. The summed E-state index contributed by atoms with van der Waals surface area (Å²) in [5.41, 5.74) is 9.18. The molecule has 0 bridgehead atoms. The Morgan fingerprint density at radius 3 is 2.73 bits per heavy atom. The third-order valence-corrected chi connectivity index (χ3v) is 5.23. The summed E-state index contributed by atoms with van der Waals surface area (Å²) in [6.07, 6.45) is 0.573. The Hall–Kier alpha value is -2.63. The first-order valence-corrected chi connectivity index (χ1v) is 8.81. The van der Waals surface area contributed by atoms with Crippen LogP contribution in [0.2, 0.25) is 5.02 Å². The van der Waals surface area contributed by atoms with Gasteiger partial charge in [-0.25, -0.2) is 0 Å². The minimum absolute atomic E-state index is 0.0933. The van der Waals surface area contributed by atoms with Gasteiger partial charge in [-0.3, -0.25) is 14.5 Å². The van der Waals surface area contributed by atoms with E-state index < -0.39 is 6.04 Å². The summed E-state index contributed by atoms with van der Waals surface area (Å²) in [4.78, 5) is 29.6. The molecule has 1 aromatic heterocycles. The number of amides is 1. The normalized spacial score (nSPS) is 17.2. The molecule has 1 atom stereocenters. The second kappa shape index (κ2) is 6.59. The number of carbonyl (C=O) groups excluding carboxylic acids is 1. The van der Waals surface area contributed by atoms with Crippen molar-refractivity contribution in [3.8, 4) is 0 Å². The number of para-hydroxylation sites is 1. The molecule has 132 valence electrons. The van der Waals surface area contributed by atoms with E-state index >= 15 is 0 Å². The maximum atomic E-state index is 12.4. The first-order valence-electron chi connectivity index (χ1n) is 8.43. The van der Waals surface area contributed by atoms with Crippen LogP contribution in [0, 0.1) is 0 Å². The van der Waals surface area contributed by atoms with Crippen LogP contribution in [0.25, 0.3) is 10.9 Å². The van der Waals surface area contributed by atoms with Gasteiger partial charge in [0.2, 0.25) is 5.91 Å². The van der Waals surface area contributed by atoms with Gasteiger partial charge < -0.3 is 10.7 Å². The molecular formula is C20H18ClN3O2. The fourth-order valence-corrected chi connectivity index (χ4v) is 3.84. The second-order valence-corrected chi connectivity index (χ2v) is 7.02. The van der Waals surface area contributed by atoms with Gasteiger partial charge >= 0.3 is 0 Å². The predicted molar refractivity (Wildman–Crippen MR) is 102 cm³/mol. The molecule has 2 heterocycles. The third-order valence-electron chi connectivity index (χ3n) is 4.92. The van der Waals surface area contributed by atoms with Gasteiger partial charge in [0.05, 0.1) is 16.6 Å². The van der Waals surface area contributed by atoms with Crippen LogP contribution >= 0.6 is 11.6 Å². The van der Waals surface area contributed by atoms with Crippen LogP contribution in [-0.4, -0.2) is 21.8 Å². The Bertz CT molecular complexity index is 1060. The number of hydrogen-bond donors (Lipinski definition) is 2. The summed E-state index contributed by atoms with van der Waals surface area (Å²) >= 11 is 6.23. The van der Waals surface area contributed by atoms with Crippen molar-refractivity contribution >= 4 is 28.4 Å². The zero-order valence-electron chi connectivity index (χ0n) is 14.0. The van der Waals surface area contributed by atoms with E-state index in [2.05, 4.69) is 11.1 Å². The van der Waals surface area contributed by atoms with E-state index in [0.717, 1.165) is 5.56 Å². The number of H-pyrrole nitrogens is 1. The van der Waals surface area contributed by atoms with E-state index in [9.17, 15) is 9.59 Å². The number of nitrogens with zero attached hydrogens (tertiary/aromatic N) is 1. The van der Waals surface area contributed by atoms with Crippen LogP contribution < -0.4 is 11.2 Å². The van der Waals surface area contributed by atoms with E-state index in [1.807, 2.05) is 23.1 Å². The van der Waals surface area contributed by atoms with Crippen molar-refractivity contribution in [2.24, 2.45) is 5.73 Å². The molecule has 1 aliphatic rings. The van der Waals surface area contributed by atoms with Crippen LogP contribution in [0.3, 0.4) is 0 Å². The first-order chi connectivity index (χ1) is 12.5. The van der Waals surface area contributed by atoms with Crippen LogP contribution in [-0.2, 0) is 24.3 Å². The highest BCUT2D eigenvalue weighted by Crippen LogP contribution is 2.25. The lowest BCUT2D eigenvalue weighted by Crippen LogP contribution is -2.48. The molecule has 0 radical (unpaired) electrons. The highest BCUT2D eigenvalue weighted by Gasteiger charge is 2.30. The molecule has 4 rings (SSSR count). The average Bonchev–Trinajstić information content (AvgIpc) is 2.62. The van der Waals surface area contributed by atoms with Gasteiger partial charge in [0.1, 0.15) is 0 Å². The van der Waals surface area contributed by atoms with E-state index in [1.165, 1.54) is 5.56 Å². The zero-order chi connectivity index (χ0) is 18.3. The molecule has 1 aliphatic heterocycles. The number of nitrogens with one attached hydrogen (secondary N) is 1. The molecular weight excluding hydrogens is 350 g/mol. The molecule has 1 amide bonds. The van der Waals surface area contributed by atoms with Gasteiger partial charge in [0, 0.05) is 30.2 Å². The van der Waals surface area contributed by atoms with Crippen LogP contribution in [0.5, 0.6) is 0 Å². The number of hydrogen-bond acceptors (Lipinski definition) is 3. The molecule has 0 spiro atoms. The lowest BCUT2D eigenvalue weighted by atomic mass is 9.93. The van der Waals surface area contributed by atoms with Gasteiger partial charge in [-0.1, -0.05) is 41.9 Å². The van der Waals surface area contributed by atoms with Crippen molar-refractivity contribution < 1.29 is 4.79 Å². The molecule has 6 heteroatoms. The minimum Gasteiger partial charge on any atom is -0.368 e. The Balaban J connectivity index is 1.72. The van der Waals surface area contributed by atoms with Crippen molar-refractivity contribution in [2.45, 2.75) is 25.6 Å². The highest BCUT2D eigenvalue weighted by atomic mass is 35.5. The van der Waals surface area contributed by atoms with Gasteiger partial charge in [0.25, 0.3) is 0 Å². The molecule has 3 N–H and O–H groups in total. The maximum absolute atomic E-state index is 12.4. The van der Waals surface area contributed by atoms with E-state index in [4.69, 9.17) is 17.3 Å². The number of primary amides is 1. The Kier molecular flexibility index (Phi) is 4.26. The SMILES string of the molecule is NC(=O)[C@H]1Cc2ccccc2CN1Cc1cc(=O)c2cccc(Cl)c2[nH]1. The molecule has 0 unspecified atom stereocenters. The third kappa shape index (κ3) is 3.00. The highest BCUT2D eigenvalue weighted by molar-refractivity contribution is 6.35. The number of fused-ring (bicyclic) bond motifs is 2. The van der Waals surface area contributed by atoms with Crippen molar-refractivity contribution in [2.75, 3.05) is 0 Å². The van der Waals surface area contributed by atoms with Crippen LogP contribution in [0.15, 0.2) is 53.3 Å². The van der Waals surface area contributed by atoms with Crippen molar-refractivity contribution in [3.05, 3.63) is 80.6 Å². The monoisotopic (exact) mass is 367 g/mol. The van der Waals surface area contributed by atoms with E-state index in [0.29, 0.717) is 41.1 Å². The zero-order valence-corrected chi connectivity index (χ0v) is 14.8. The number of benzene rings is 2. The van der Waals surface area contributed by atoms with E-state index in [1.54, 1.807) is 24.3 Å². The number of halogens is 1. The molecule has 5 nitrogen and oxygen atoms in total. The molecule has 0 fully saturated rings.